The van der Waals surface area contributed by atoms with Gasteiger partial charge in [0, 0.05) is 0 Å². The van der Waals surface area contributed by atoms with E-state index in [1.807, 2.05) is 48.5 Å². The molecule has 4 aromatic rings. The van der Waals surface area contributed by atoms with Gasteiger partial charge in [-0.25, -0.2) is 0 Å². The van der Waals surface area contributed by atoms with E-state index in [0.717, 1.165) is 30.0 Å². The van der Waals surface area contributed by atoms with Crippen LogP contribution in [0.2, 0.25) is 0 Å². The average Bonchev–Trinajstić information content (AvgIpc) is 3.41. The molecule has 0 aromatic heterocycles. The third kappa shape index (κ3) is 3.48. The van der Waals surface area contributed by atoms with Crippen LogP contribution in [0.3, 0.4) is 0 Å². The summed E-state index contributed by atoms with van der Waals surface area (Å²) in [7, 11) is 0. The van der Waals surface area contributed by atoms with Crippen molar-refractivity contribution in [3.05, 3.63) is 107 Å². The Morgan fingerprint density at radius 3 is 1.40 bits per heavy atom. The fourth-order valence-corrected chi connectivity index (χ4v) is 11.1. The fourth-order valence-electron chi connectivity index (χ4n) is 5.72. The molecule has 0 bridgehead atoms. The first-order valence-corrected chi connectivity index (χ1v) is 14.6. The minimum absolute atomic E-state index is 0.438. The van der Waals surface area contributed by atoms with E-state index in [-0.39, 0.29) is 0 Å². The summed E-state index contributed by atoms with van der Waals surface area (Å²) < 4.78 is 14.3. The summed E-state index contributed by atoms with van der Waals surface area (Å²) in [5.74, 6) is -0.875. The molecule has 2 aliphatic carbocycles. The zero-order chi connectivity index (χ0) is 24.2. The Hall–Kier alpha value is -3.47. The van der Waals surface area contributed by atoms with E-state index in [4.69, 9.17) is 6.64 Å². The van der Waals surface area contributed by atoms with Gasteiger partial charge < -0.3 is 0 Å². The number of rotatable bonds is 4. The van der Waals surface area contributed by atoms with Crippen molar-refractivity contribution < 1.29 is 33.6 Å². The molecule has 6 rings (SSSR count). The van der Waals surface area contributed by atoms with E-state index in [9.17, 15) is 9.59 Å². The van der Waals surface area contributed by atoms with Gasteiger partial charge in [-0.1, -0.05) is 0 Å². The van der Waals surface area contributed by atoms with Gasteiger partial charge in [0.05, 0.1) is 0 Å². The fraction of sp³-hybridized carbons (Fsp3) is 0.133. The third-order valence-corrected chi connectivity index (χ3v) is 12.5. The van der Waals surface area contributed by atoms with E-state index in [0.29, 0.717) is 12.8 Å². The maximum absolute atomic E-state index is 12.7. The predicted molar refractivity (Wildman–Crippen MR) is 132 cm³/mol. The number of fused-ring (bicyclic) bond motifs is 6. The van der Waals surface area contributed by atoms with Gasteiger partial charge in [-0.2, -0.15) is 0 Å². The van der Waals surface area contributed by atoms with E-state index in [1.54, 1.807) is 0 Å². The molecule has 0 N–H and O–H groups in total. The van der Waals surface area contributed by atoms with Crippen molar-refractivity contribution in [3.63, 3.8) is 0 Å². The SMILES string of the molecule is CC(=O)[O][Ti]([O]C(C)=O)([c]1cccc2c1Cc1ccccc1-2)[c]1cccc2c1Cc1ccccc1-2. The quantitative estimate of drug-likeness (QED) is 0.326. The Balaban J connectivity index is 1.64. The van der Waals surface area contributed by atoms with Crippen LogP contribution in [0, 0.1) is 0 Å². The zero-order valence-corrected chi connectivity index (χ0v) is 21.2. The van der Waals surface area contributed by atoms with Crippen molar-refractivity contribution in [2.75, 3.05) is 0 Å². The molecule has 0 spiro atoms. The van der Waals surface area contributed by atoms with Crippen molar-refractivity contribution in [3.8, 4) is 22.3 Å². The van der Waals surface area contributed by atoms with Crippen LogP contribution in [0.4, 0.5) is 0 Å². The van der Waals surface area contributed by atoms with Gasteiger partial charge in [0.1, 0.15) is 0 Å². The molecule has 4 nitrogen and oxygen atoms in total. The minimum atomic E-state index is -4.49. The number of hydrogen-bond acceptors (Lipinski definition) is 4. The Morgan fingerprint density at radius 2 is 0.971 bits per heavy atom. The molecule has 0 radical (unpaired) electrons. The van der Waals surface area contributed by atoms with Gasteiger partial charge >= 0.3 is 209 Å². The van der Waals surface area contributed by atoms with Crippen molar-refractivity contribution in [1.29, 1.82) is 0 Å². The van der Waals surface area contributed by atoms with Crippen LogP contribution in [0.5, 0.6) is 0 Å². The first kappa shape index (κ1) is 22.0. The van der Waals surface area contributed by atoms with Crippen LogP contribution in [0.15, 0.2) is 84.9 Å². The summed E-state index contributed by atoms with van der Waals surface area (Å²) in [6, 6.07) is 28.8. The second-order valence-corrected chi connectivity index (χ2v) is 13.4. The van der Waals surface area contributed by atoms with Crippen molar-refractivity contribution >= 4 is 19.7 Å². The second kappa shape index (κ2) is 8.33. The summed E-state index contributed by atoms with van der Waals surface area (Å²) in [6.45, 7) is 2.80. The van der Waals surface area contributed by atoms with Crippen molar-refractivity contribution in [1.82, 2.24) is 0 Å². The summed E-state index contributed by atoms with van der Waals surface area (Å²) in [4.78, 5) is 25.3. The van der Waals surface area contributed by atoms with E-state index >= 15 is 0 Å². The Labute approximate surface area is 208 Å². The molecule has 0 atom stereocenters. The standard InChI is InChI=1S/2C13H9.2C2H4O2.Ti/c2*1-3-7-12-10(5-1)9-11-6-2-4-8-13(11)12;2*1-2(3)4;/h2*1-5,7-8H,9H2;2*1H3,(H,3,4);/q;;;;+2/p-2. The summed E-state index contributed by atoms with van der Waals surface area (Å²) in [6.07, 6.45) is 1.43. The van der Waals surface area contributed by atoms with Crippen LogP contribution in [0.1, 0.15) is 36.1 Å². The molecule has 0 saturated heterocycles. The molecule has 5 heteroatoms. The third-order valence-electron chi connectivity index (χ3n) is 6.99. The predicted octanol–water partition coefficient (Wildman–Crippen LogP) is 4.89. The molecular formula is C30H24O4Ti. The van der Waals surface area contributed by atoms with Gasteiger partial charge in [-0.15, -0.1) is 0 Å². The van der Waals surface area contributed by atoms with Crippen LogP contribution in [-0.2, 0) is 46.4 Å². The molecule has 172 valence electrons. The molecule has 0 fully saturated rings. The first-order chi connectivity index (χ1) is 17.0. The number of carbonyl (C=O) groups is 2. The van der Waals surface area contributed by atoms with Gasteiger partial charge in [0.15, 0.2) is 0 Å². The van der Waals surface area contributed by atoms with E-state index < -0.39 is 29.3 Å². The summed E-state index contributed by atoms with van der Waals surface area (Å²) in [5.41, 5.74) is 9.21. The molecule has 0 heterocycles. The van der Waals surface area contributed by atoms with Gasteiger partial charge in [-0.3, -0.25) is 0 Å². The van der Waals surface area contributed by atoms with Crippen LogP contribution in [0.25, 0.3) is 22.3 Å². The summed E-state index contributed by atoms with van der Waals surface area (Å²) in [5, 5.41) is 0. The van der Waals surface area contributed by atoms with Crippen molar-refractivity contribution in [2.45, 2.75) is 26.7 Å². The van der Waals surface area contributed by atoms with E-state index in [1.165, 1.54) is 36.1 Å². The number of carbonyl (C=O) groups excluding carboxylic acids is 2. The van der Waals surface area contributed by atoms with Crippen LogP contribution < -0.4 is 7.74 Å². The van der Waals surface area contributed by atoms with Gasteiger partial charge in [0.25, 0.3) is 0 Å². The van der Waals surface area contributed by atoms with Gasteiger partial charge in [0.2, 0.25) is 0 Å². The van der Waals surface area contributed by atoms with E-state index in [2.05, 4.69) is 36.4 Å². The molecule has 35 heavy (non-hydrogen) atoms. The molecular weight excluding hydrogens is 472 g/mol. The molecule has 4 aromatic carbocycles. The van der Waals surface area contributed by atoms with Crippen LogP contribution >= 0.6 is 0 Å². The number of benzene rings is 4. The molecule has 2 aliphatic rings. The zero-order valence-electron chi connectivity index (χ0n) is 19.6. The molecule has 0 aliphatic heterocycles. The Bertz CT molecular complexity index is 1410. The monoisotopic (exact) mass is 496 g/mol. The average molecular weight is 496 g/mol. The summed E-state index contributed by atoms with van der Waals surface area (Å²) >= 11 is -4.49. The van der Waals surface area contributed by atoms with Crippen LogP contribution in [-0.4, -0.2) is 11.9 Å². The van der Waals surface area contributed by atoms with Gasteiger partial charge in [-0.05, 0) is 0 Å². The van der Waals surface area contributed by atoms with Crippen molar-refractivity contribution in [2.24, 2.45) is 0 Å². The molecule has 0 amide bonds. The Morgan fingerprint density at radius 1 is 0.571 bits per heavy atom. The second-order valence-electron chi connectivity index (χ2n) is 9.14. The normalized spacial score (nSPS) is 12.9. The number of hydrogen-bond donors (Lipinski definition) is 0. The topological polar surface area (TPSA) is 52.6 Å². The molecule has 0 saturated carbocycles. The first-order valence-electron chi connectivity index (χ1n) is 11.8. The Kier molecular flexibility index (Phi) is 5.24. The molecule has 0 unspecified atom stereocenters. The maximum atomic E-state index is 12.7.